The summed E-state index contributed by atoms with van der Waals surface area (Å²) in [5.41, 5.74) is 1.83. The molecule has 0 saturated carbocycles. The molecule has 10 heteroatoms. The summed E-state index contributed by atoms with van der Waals surface area (Å²) in [6.07, 6.45) is 0. The summed E-state index contributed by atoms with van der Waals surface area (Å²) >= 11 is 4.68. The first-order chi connectivity index (χ1) is 12.4. The van der Waals surface area contributed by atoms with Crippen molar-refractivity contribution in [3.8, 4) is 11.4 Å². The monoisotopic (exact) mass is 449 g/mol. The van der Waals surface area contributed by atoms with E-state index in [-0.39, 0.29) is 0 Å². The maximum atomic E-state index is 12.9. The fourth-order valence-corrected chi connectivity index (χ4v) is 5.79. The van der Waals surface area contributed by atoms with Crippen LogP contribution in [0.4, 0.5) is 5.69 Å². The predicted molar refractivity (Wildman–Crippen MR) is 105 cm³/mol. The Bertz CT molecular complexity index is 1200. The Morgan fingerprint density at radius 3 is 2.81 bits per heavy atom. The second-order valence-corrected chi connectivity index (χ2v) is 9.42. The summed E-state index contributed by atoms with van der Waals surface area (Å²) in [4.78, 5) is 0. The van der Waals surface area contributed by atoms with Crippen LogP contribution in [0.2, 0.25) is 0 Å². The number of halogens is 1. The van der Waals surface area contributed by atoms with Gasteiger partial charge in [0.15, 0.2) is 0 Å². The number of hydrogen-bond acceptors (Lipinski definition) is 6. The third-order valence-corrected chi connectivity index (χ3v) is 7.58. The summed E-state index contributed by atoms with van der Waals surface area (Å²) in [5.74, 6) is 0.397. The number of tetrazole rings is 1. The zero-order chi connectivity index (χ0) is 18.3. The highest BCUT2D eigenvalue weighted by Gasteiger charge is 2.22. The van der Waals surface area contributed by atoms with Crippen molar-refractivity contribution in [3.63, 3.8) is 0 Å². The third-order valence-electron chi connectivity index (χ3n) is 3.82. The number of anilines is 1. The Morgan fingerprint density at radius 2 is 2.04 bits per heavy atom. The number of thiophene rings is 1. The summed E-state index contributed by atoms with van der Waals surface area (Å²) in [6, 6.07) is 12.6. The number of sulfonamides is 1. The molecule has 0 aliphatic carbocycles. The van der Waals surface area contributed by atoms with Gasteiger partial charge in [-0.1, -0.05) is 28.1 Å². The fourth-order valence-electron chi connectivity index (χ4n) is 2.63. The molecule has 0 aliphatic heterocycles. The Balaban J connectivity index is 1.72. The van der Waals surface area contributed by atoms with Crippen LogP contribution in [-0.2, 0) is 10.0 Å². The average molecular weight is 450 g/mol. The molecule has 2 aromatic heterocycles. The van der Waals surface area contributed by atoms with Crippen molar-refractivity contribution in [2.45, 2.75) is 11.1 Å². The number of fused-ring (bicyclic) bond motifs is 1. The zero-order valence-electron chi connectivity index (χ0n) is 13.4. The van der Waals surface area contributed by atoms with Gasteiger partial charge in [0, 0.05) is 20.4 Å². The van der Waals surface area contributed by atoms with Gasteiger partial charge in [0.25, 0.3) is 10.0 Å². The van der Waals surface area contributed by atoms with E-state index in [1.165, 1.54) is 11.3 Å². The molecule has 2 heterocycles. The molecule has 4 aromatic rings. The number of nitrogens with one attached hydrogen (secondary N) is 2. The van der Waals surface area contributed by atoms with Crippen LogP contribution in [0.25, 0.3) is 21.5 Å². The molecule has 2 aromatic carbocycles. The molecular formula is C16H12BrN5O2S2. The highest BCUT2D eigenvalue weighted by atomic mass is 79.9. The van der Waals surface area contributed by atoms with E-state index in [4.69, 9.17) is 0 Å². The lowest BCUT2D eigenvalue weighted by Gasteiger charge is -2.08. The number of nitrogens with zero attached hydrogens (tertiary/aromatic N) is 3. The van der Waals surface area contributed by atoms with Crippen LogP contribution >= 0.6 is 27.3 Å². The normalized spacial score (nSPS) is 11.8. The van der Waals surface area contributed by atoms with Gasteiger partial charge in [-0.2, -0.15) is 5.21 Å². The summed E-state index contributed by atoms with van der Waals surface area (Å²) in [5, 5.41) is 14.6. The van der Waals surface area contributed by atoms with Gasteiger partial charge < -0.3 is 0 Å². The first-order valence-electron chi connectivity index (χ1n) is 7.49. The first kappa shape index (κ1) is 17.1. The lowest BCUT2D eigenvalue weighted by atomic mass is 10.2. The SMILES string of the molecule is Cc1c(S(=O)(=O)Nc2cccc(-c3nn[nH]n3)c2)sc2ccc(Br)cc12. The van der Waals surface area contributed by atoms with Crippen molar-refractivity contribution in [2.24, 2.45) is 0 Å². The minimum atomic E-state index is -3.72. The van der Waals surface area contributed by atoms with Crippen LogP contribution in [0.15, 0.2) is 51.1 Å². The molecule has 0 bridgehead atoms. The van der Waals surface area contributed by atoms with Gasteiger partial charge in [-0.15, -0.1) is 21.5 Å². The molecule has 0 radical (unpaired) electrons. The van der Waals surface area contributed by atoms with E-state index in [1.54, 1.807) is 24.3 Å². The fraction of sp³-hybridized carbons (Fsp3) is 0.0625. The third kappa shape index (κ3) is 3.11. The summed E-state index contributed by atoms with van der Waals surface area (Å²) in [6.45, 7) is 1.82. The molecule has 4 rings (SSSR count). The van der Waals surface area contributed by atoms with Gasteiger partial charge >= 0.3 is 0 Å². The van der Waals surface area contributed by atoms with Crippen LogP contribution < -0.4 is 4.72 Å². The molecule has 132 valence electrons. The van der Waals surface area contributed by atoms with Crippen LogP contribution in [-0.4, -0.2) is 29.0 Å². The lowest BCUT2D eigenvalue weighted by molar-refractivity contribution is 0.603. The van der Waals surface area contributed by atoms with Gasteiger partial charge in [0.2, 0.25) is 5.82 Å². The number of aromatic amines is 1. The molecule has 26 heavy (non-hydrogen) atoms. The molecular weight excluding hydrogens is 438 g/mol. The minimum absolute atomic E-state index is 0.301. The van der Waals surface area contributed by atoms with E-state index in [0.29, 0.717) is 21.3 Å². The maximum Gasteiger partial charge on any atom is 0.271 e. The van der Waals surface area contributed by atoms with Crippen LogP contribution in [0.3, 0.4) is 0 Å². The van der Waals surface area contributed by atoms with E-state index in [2.05, 4.69) is 41.3 Å². The Morgan fingerprint density at radius 1 is 1.19 bits per heavy atom. The molecule has 0 amide bonds. The van der Waals surface area contributed by atoms with E-state index in [1.807, 2.05) is 25.1 Å². The number of benzene rings is 2. The molecule has 0 saturated heterocycles. The van der Waals surface area contributed by atoms with E-state index in [9.17, 15) is 8.42 Å². The molecule has 0 unspecified atom stereocenters. The zero-order valence-corrected chi connectivity index (χ0v) is 16.6. The van der Waals surface area contributed by atoms with Crippen molar-refractivity contribution in [3.05, 3.63) is 52.5 Å². The first-order valence-corrected chi connectivity index (χ1v) is 10.6. The molecule has 7 nitrogen and oxygen atoms in total. The number of H-pyrrole nitrogens is 1. The van der Waals surface area contributed by atoms with Crippen LogP contribution in [0.5, 0.6) is 0 Å². The molecule has 0 atom stereocenters. The number of rotatable bonds is 4. The smallest absolute Gasteiger partial charge is 0.271 e. The Kier molecular flexibility index (Phi) is 4.25. The quantitative estimate of drug-likeness (QED) is 0.490. The second-order valence-electron chi connectivity index (χ2n) is 5.58. The summed E-state index contributed by atoms with van der Waals surface area (Å²) in [7, 11) is -3.72. The topological polar surface area (TPSA) is 101 Å². The van der Waals surface area contributed by atoms with Gasteiger partial charge in [-0.25, -0.2) is 8.42 Å². The van der Waals surface area contributed by atoms with Crippen molar-refractivity contribution < 1.29 is 8.42 Å². The number of aryl methyl sites for hydroxylation is 1. The van der Waals surface area contributed by atoms with Crippen molar-refractivity contribution in [2.75, 3.05) is 4.72 Å². The van der Waals surface area contributed by atoms with Gasteiger partial charge in [-0.3, -0.25) is 4.72 Å². The van der Waals surface area contributed by atoms with Crippen molar-refractivity contribution >= 4 is 53.1 Å². The predicted octanol–water partition coefficient (Wildman–Crippen LogP) is 3.95. The van der Waals surface area contributed by atoms with Gasteiger partial charge in [-0.05, 0) is 53.4 Å². The van der Waals surface area contributed by atoms with Gasteiger partial charge in [0.1, 0.15) is 4.21 Å². The van der Waals surface area contributed by atoms with Crippen LogP contribution in [0, 0.1) is 6.92 Å². The largest absolute Gasteiger partial charge is 0.279 e. The molecule has 0 fully saturated rings. The Hall–Kier alpha value is -2.30. The molecule has 2 N–H and O–H groups in total. The highest BCUT2D eigenvalue weighted by molar-refractivity contribution is 9.10. The average Bonchev–Trinajstić information content (AvgIpc) is 3.24. The van der Waals surface area contributed by atoms with E-state index >= 15 is 0 Å². The Labute approximate surface area is 161 Å². The second kappa shape index (κ2) is 6.45. The van der Waals surface area contributed by atoms with E-state index < -0.39 is 10.0 Å². The highest BCUT2D eigenvalue weighted by Crippen LogP contribution is 2.36. The van der Waals surface area contributed by atoms with Crippen LogP contribution in [0.1, 0.15) is 5.56 Å². The van der Waals surface area contributed by atoms with E-state index in [0.717, 1.165) is 20.1 Å². The standard InChI is InChI=1S/C16H12BrN5O2S2/c1-9-13-8-11(17)5-6-14(13)25-16(9)26(23,24)20-12-4-2-3-10(7-12)15-18-21-22-19-15/h2-8,20H,1H3,(H,18,19,21,22). The lowest BCUT2D eigenvalue weighted by Crippen LogP contribution is -2.12. The minimum Gasteiger partial charge on any atom is -0.279 e. The molecule has 0 aliphatic rings. The van der Waals surface area contributed by atoms with Gasteiger partial charge in [0.05, 0.1) is 0 Å². The van der Waals surface area contributed by atoms with Crippen molar-refractivity contribution in [1.29, 1.82) is 0 Å². The molecule has 0 spiro atoms. The summed E-state index contributed by atoms with van der Waals surface area (Å²) < 4.78 is 30.6. The van der Waals surface area contributed by atoms with Crippen molar-refractivity contribution in [1.82, 2.24) is 20.6 Å². The number of hydrogen-bond donors (Lipinski definition) is 2. The maximum absolute atomic E-state index is 12.9. The number of aromatic nitrogens is 4.